The molecule has 26 heavy (non-hydrogen) atoms. The molecule has 3 aromatic carbocycles. The maximum Gasteiger partial charge on any atom is 0.300 e. The number of ether oxygens (including phenoxy) is 1. The van der Waals surface area contributed by atoms with E-state index in [4.69, 9.17) is 16.2 Å². The summed E-state index contributed by atoms with van der Waals surface area (Å²) >= 11 is 6.68. The Kier molecular flexibility index (Phi) is 5.80. The van der Waals surface area contributed by atoms with E-state index in [-0.39, 0.29) is 0 Å². The van der Waals surface area contributed by atoms with E-state index < -0.39 is 0 Å². The topological polar surface area (TPSA) is 89.9 Å². The Morgan fingerprint density at radius 2 is 1.50 bits per heavy atom. The zero-order valence-corrected chi connectivity index (χ0v) is 16.8. The number of rotatable bonds is 2. The maximum absolute atomic E-state index is 5.62. The summed E-state index contributed by atoms with van der Waals surface area (Å²) in [6, 6.07) is 21.3. The molecule has 4 aromatic rings. The van der Waals surface area contributed by atoms with Crippen molar-refractivity contribution in [3.05, 3.63) is 75.7 Å². The van der Waals surface area contributed by atoms with Crippen molar-refractivity contribution in [2.45, 2.75) is 0 Å². The number of H-pyrrole nitrogens is 1. The van der Waals surface area contributed by atoms with Gasteiger partial charge in [-0.25, -0.2) is 0 Å². The number of benzene rings is 3. The highest BCUT2D eigenvalue weighted by Gasteiger charge is 2.04. The van der Waals surface area contributed by atoms with Gasteiger partial charge in [0.1, 0.15) is 5.75 Å². The van der Waals surface area contributed by atoms with E-state index in [9.17, 15) is 0 Å². The molecular formula is C19H16Br2N4O. The van der Waals surface area contributed by atoms with Crippen LogP contribution < -0.4 is 16.2 Å². The second-order valence-corrected chi connectivity index (χ2v) is 7.22. The van der Waals surface area contributed by atoms with Crippen molar-refractivity contribution >= 4 is 54.3 Å². The first-order valence-corrected chi connectivity index (χ1v) is 9.28. The van der Waals surface area contributed by atoms with Gasteiger partial charge in [0.2, 0.25) is 0 Å². The standard InChI is InChI=1S/C13H9BrN2O.C6H7BrN2/c14-9-6-7-11-12(8-9)16-13(15-11)17-10-4-2-1-3-5-10;7-4-1-2-5(8)6(9)3-4/h1-8H,(H,15,16);1-3H,8-9H2. The largest absolute Gasteiger partial charge is 0.426 e. The second kappa shape index (κ2) is 8.25. The first kappa shape index (κ1) is 18.3. The van der Waals surface area contributed by atoms with Crippen molar-refractivity contribution in [3.8, 4) is 11.8 Å². The molecule has 7 heteroatoms. The van der Waals surface area contributed by atoms with Gasteiger partial charge < -0.3 is 21.2 Å². The molecule has 0 spiro atoms. The molecule has 0 amide bonds. The van der Waals surface area contributed by atoms with E-state index >= 15 is 0 Å². The highest BCUT2D eigenvalue weighted by atomic mass is 79.9. The normalized spacial score (nSPS) is 10.2. The lowest BCUT2D eigenvalue weighted by atomic mass is 10.3. The van der Waals surface area contributed by atoms with Crippen LogP contribution in [0.5, 0.6) is 11.8 Å². The lowest BCUT2D eigenvalue weighted by molar-refractivity contribution is 0.449. The van der Waals surface area contributed by atoms with E-state index in [0.717, 1.165) is 25.7 Å². The quantitative estimate of drug-likeness (QED) is 0.323. The van der Waals surface area contributed by atoms with Crippen molar-refractivity contribution in [2.75, 3.05) is 11.5 Å². The van der Waals surface area contributed by atoms with Crippen LogP contribution in [0.4, 0.5) is 11.4 Å². The zero-order chi connectivity index (χ0) is 18.5. The van der Waals surface area contributed by atoms with Crippen LogP contribution in [0, 0.1) is 0 Å². The molecule has 0 fully saturated rings. The van der Waals surface area contributed by atoms with E-state index in [2.05, 4.69) is 41.8 Å². The molecule has 0 aliphatic carbocycles. The number of nitrogens with two attached hydrogens (primary N) is 2. The molecule has 5 nitrogen and oxygen atoms in total. The van der Waals surface area contributed by atoms with Crippen LogP contribution in [0.25, 0.3) is 11.0 Å². The number of halogens is 2. The summed E-state index contributed by atoms with van der Waals surface area (Å²) in [5.74, 6) is 0.769. The predicted molar refractivity (Wildman–Crippen MR) is 113 cm³/mol. The second-order valence-electron chi connectivity index (χ2n) is 5.39. The van der Waals surface area contributed by atoms with Crippen LogP contribution in [-0.4, -0.2) is 9.97 Å². The summed E-state index contributed by atoms with van der Waals surface area (Å²) in [7, 11) is 0. The number of para-hydroxylation sites is 1. The molecule has 0 saturated carbocycles. The number of anilines is 2. The molecule has 0 radical (unpaired) electrons. The number of hydrogen-bond donors (Lipinski definition) is 3. The number of nitrogens with zero attached hydrogens (tertiary/aromatic N) is 1. The van der Waals surface area contributed by atoms with Crippen LogP contribution in [-0.2, 0) is 0 Å². The van der Waals surface area contributed by atoms with Gasteiger partial charge in [-0.3, -0.25) is 0 Å². The fourth-order valence-corrected chi connectivity index (χ4v) is 2.89. The third-order valence-corrected chi connectivity index (χ3v) is 4.42. The summed E-state index contributed by atoms with van der Waals surface area (Å²) < 4.78 is 7.59. The van der Waals surface area contributed by atoms with E-state index in [1.165, 1.54) is 0 Å². The number of aromatic nitrogens is 2. The molecule has 0 aliphatic heterocycles. The Morgan fingerprint density at radius 3 is 2.19 bits per heavy atom. The van der Waals surface area contributed by atoms with Crippen molar-refractivity contribution in [1.29, 1.82) is 0 Å². The van der Waals surface area contributed by atoms with Crippen LogP contribution >= 0.6 is 31.9 Å². The molecule has 0 unspecified atom stereocenters. The maximum atomic E-state index is 5.62. The first-order chi connectivity index (χ1) is 12.5. The van der Waals surface area contributed by atoms with Crippen LogP contribution in [0.3, 0.4) is 0 Å². The number of aromatic amines is 1. The molecule has 1 heterocycles. The monoisotopic (exact) mass is 474 g/mol. The highest BCUT2D eigenvalue weighted by Crippen LogP contribution is 2.23. The third-order valence-electron chi connectivity index (χ3n) is 3.43. The van der Waals surface area contributed by atoms with Gasteiger partial charge in [-0.05, 0) is 48.5 Å². The molecule has 0 bridgehead atoms. The fourth-order valence-electron chi connectivity index (χ4n) is 2.15. The number of imidazole rings is 1. The minimum absolute atomic E-state index is 0.504. The van der Waals surface area contributed by atoms with Crippen LogP contribution in [0.1, 0.15) is 0 Å². The molecule has 0 aliphatic rings. The molecule has 132 valence electrons. The van der Waals surface area contributed by atoms with E-state index in [0.29, 0.717) is 17.4 Å². The average molecular weight is 476 g/mol. The smallest absolute Gasteiger partial charge is 0.300 e. The van der Waals surface area contributed by atoms with E-state index in [1.54, 1.807) is 12.1 Å². The summed E-state index contributed by atoms with van der Waals surface area (Å²) in [5.41, 5.74) is 14.0. The number of fused-ring (bicyclic) bond motifs is 1. The Morgan fingerprint density at radius 1 is 0.808 bits per heavy atom. The molecule has 4 rings (SSSR count). The first-order valence-electron chi connectivity index (χ1n) is 7.70. The summed E-state index contributed by atoms with van der Waals surface area (Å²) in [6.07, 6.45) is 0. The molecule has 1 aromatic heterocycles. The summed E-state index contributed by atoms with van der Waals surface area (Å²) in [6.45, 7) is 0. The van der Waals surface area contributed by atoms with Crippen LogP contribution in [0.2, 0.25) is 0 Å². The van der Waals surface area contributed by atoms with Gasteiger partial charge in [-0.15, -0.1) is 0 Å². The third kappa shape index (κ3) is 4.77. The van der Waals surface area contributed by atoms with Crippen LogP contribution in [0.15, 0.2) is 75.7 Å². The predicted octanol–water partition coefficient (Wildman–Crippen LogP) is 5.73. The fraction of sp³-hybridized carbons (Fsp3) is 0. The van der Waals surface area contributed by atoms with Gasteiger partial charge in [0, 0.05) is 8.95 Å². The van der Waals surface area contributed by atoms with Crippen molar-refractivity contribution in [3.63, 3.8) is 0 Å². The SMILES string of the molecule is Brc1ccc2nc(Oc3ccccc3)[nH]c2c1.Nc1ccc(Br)cc1N. The van der Waals surface area contributed by atoms with Crippen molar-refractivity contribution in [2.24, 2.45) is 0 Å². The lowest BCUT2D eigenvalue weighted by Gasteiger charge is -1.99. The van der Waals surface area contributed by atoms with Gasteiger partial charge in [0.05, 0.1) is 22.4 Å². The lowest BCUT2D eigenvalue weighted by Crippen LogP contribution is -1.92. The van der Waals surface area contributed by atoms with Crippen molar-refractivity contribution < 1.29 is 4.74 Å². The number of hydrogen-bond acceptors (Lipinski definition) is 4. The Balaban J connectivity index is 0.000000185. The number of nitrogens with one attached hydrogen (secondary N) is 1. The Labute approximate surface area is 167 Å². The molecule has 0 atom stereocenters. The average Bonchev–Trinajstić information content (AvgIpc) is 3.01. The minimum atomic E-state index is 0.504. The Hall–Kier alpha value is -2.51. The Bertz CT molecular complexity index is 1020. The minimum Gasteiger partial charge on any atom is -0.426 e. The molecular weight excluding hydrogens is 460 g/mol. The highest BCUT2D eigenvalue weighted by molar-refractivity contribution is 9.10. The summed E-state index contributed by atoms with van der Waals surface area (Å²) in [4.78, 5) is 7.47. The van der Waals surface area contributed by atoms with Gasteiger partial charge >= 0.3 is 0 Å². The zero-order valence-electron chi connectivity index (χ0n) is 13.6. The van der Waals surface area contributed by atoms with Gasteiger partial charge in [0.25, 0.3) is 6.01 Å². The van der Waals surface area contributed by atoms with E-state index in [1.807, 2.05) is 54.6 Å². The molecule has 0 saturated heterocycles. The number of nitrogen functional groups attached to an aromatic ring is 2. The van der Waals surface area contributed by atoms with Gasteiger partial charge in [-0.1, -0.05) is 50.1 Å². The van der Waals surface area contributed by atoms with Gasteiger partial charge in [-0.2, -0.15) is 4.98 Å². The molecule has 5 N–H and O–H groups in total. The van der Waals surface area contributed by atoms with Gasteiger partial charge in [0.15, 0.2) is 0 Å². The van der Waals surface area contributed by atoms with Crippen molar-refractivity contribution in [1.82, 2.24) is 9.97 Å². The summed E-state index contributed by atoms with van der Waals surface area (Å²) in [5, 5.41) is 0.